The van der Waals surface area contributed by atoms with Gasteiger partial charge in [-0.2, -0.15) is 5.10 Å². The number of halogens is 1. The number of aliphatic hydroxyl groups is 1. The van der Waals surface area contributed by atoms with Crippen LogP contribution >= 0.6 is 11.6 Å². The van der Waals surface area contributed by atoms with E-state index in [9.17, 15) is 9.90 Å². The molecule has 0 saturated heterocycles. The Labute approximate surface area is 166 Å². The van der Waals surface area contributed by atoms with Crippen LogP contribution in [0.5, 0.6) is 0 Å². The van der Waals surface area contributed by atoms with Crippen LogP contribution in [0.4, 0.5) is 0 Å². The maximum Gasteiger partial charge on any atom is 0.264 e. The Bertz CT molecular complexity index is 1190. The van der Waals surface area contributed by atoms with Crippen LogP contribution in [-0.2, 0) is 6.54 Å². The van der Waals surface area contributed by atoms with Gasteiger partial charge in [0.2, 0.25) is 0 Å². The van der Waals surface area contributed by atoms with Gasteiger partial charge in [-0.25, -0.2) is 9.67 Å². The number of benzene rings is 2. The zero-order valence-corrected chi connectivity index (χ0v) is 16.3. The van der Waals surface area contributed by atoms with Crippen LogP contribution in [0.3, 0.4) is 0 Å². The molecule has 0 amide bonds. The SMILES string of the molecule is Cc1cc(C)cc(-n2ncc3c(=O)n(C[C@H](O)c4ccc(Cl)cc4)cnc32)c1. The molecule has 0 spiro atoms. The predicted octanol–water partition coefficient (Wildman–Crippen LogP) is 3.59. The molecule has 0 radical (unpaired) electrons. The van der Waals surface area contributed by atoms with Gasteiger partial charge in [0.1, 0.15) is 11.7 Å². The van der Waals surface area contributed by atoms with Gasteiger partial charge in [0.05, 0.1) is 24.5 Å². The summed E-state index contributed by atoms with van der Waals surface area (Å²) in [5.41, 5.74) is 4.01. The summed E-state index contributed by atoms with van der Waals surface area (Å²) < 4.78 is 3.06. The van der Waals surface area contributed by atoms with Crippen molar-refractivity contribution in [2.24, 2.45) is 0 Å². The van der Waals surface area contributed by atoms with E-state index in [1.165, 1.54) is 17.1 Å². The van der Waals surface area contributed by atoms with Crippen LogP contribution in [0.15, 0.2) is 59.8 Å². The average Bonchev–Trinajstić information content (AvgIpc) is 3.08. The molecule has 0 aliphatic rings. The number of hydrogen-bond acceptors (Lipinski definition) is 4. The summed E-state index contributed by atoms with van der Waals surface area (Å²) in [5.74, 6) is 0. The third kappa shape index (κ3) is 3.44. The van der Waals surface area contributed by atoms with Crippen molar-refractivity contribution in [3.63, 3.8) is 0 Å². The predicted molar refractivity (Wildman–Crippen MR) is 109 cm³/mol. The highest BCUT2D eigenvalue weighted by atomic mass is 35.5. The molecule has 0 aliphatic carbocycles. The fraction of sp³-hybridized carbons (Fsp3) is 0.190. The Morgan fingerprint density at radius 2 is 1.79 bits per heavy atom. The molecular formula is C21H19ClN4O2. The quantitative estimate of drug-likeness (QED) is 0.574. The summed E-state index contributed by atoms with van der Waals surface area (Å²) in [5, 5.41) is 15.8. The lowest BCUT2D eigenvalue weighted by Crippen LogP contribution is -2.23. The van der Waals surface area contributed by atoms with E-state index in [1.807, 2.05) is 26.0 Å². The molecule has 6 nitrogen and oxygen atoms in total. The molecule has 4 rings (SSSR count). The number of hydrogen-bond donors (Lipinski definition) is 1. The Morgan fingerprint density at radius 3 is 2.46 bits per heavy atom. The molecule has 2 aromatic carbocycles. The van der Waals surface area contributed by atoms with Gasteiger partial charge in [-0.05, 0) is 54.8 Å². The van der Waals surface area contributed by atoms with Crippen molar-refractivity contribution in [1.29, 1.82) is 0 Å². The van der Waals surface area contributed by atoms with E-state index in [4.69, 9.17) is 11.6 Å². The zero-order valence-electron chi connectivity index (χ0n) is 15.5. The minimum atomic E-state index is -0.844. The second kappa shape index (κ2) is 7.22. The van der Waals surface area contributed by atoms with E-state index in [-0.39, 0.29) is 12.1 Å². The molecule has 28 heavy (non-hydrogen) atoms. The fourth-order valence-corrected chi connectivity index (χ4v) is 3.44. The van der Waals surface area contributed by atoms with E-state index >= 15 is 0 Å². The molecule has 1 N–H and O–H groups in total. The molecule has 7 heteroatoms. The van der Waals surface area contributed by atoms with Crippen molar-refractivity contribution < 1.29 is 5.11 Å². The molecule has 0 bridgehead atoms. The van der Waals surface area contributed by atoms with Gasteiger partial charge in [-0.3, -0.25) is 9.36 Å². The number of nitrogens with zero attached hydrogens (tertiary/aromatic N) is 4. The first-order valence-corrected chi connectivity index (χ1v) is 9.25. The third-order valence-electron chi connectivity index (χ3n) is 4.63. The molecule has 2 aromatic heterocycles. The first-order chi connectivity index (χ1) is 13.4. The first-order valence-electron chi connectivity index (χ1n) is 8.88. The van der Waals surface area contributed by atoms with Crippen LogP contribution in [0.2, 0.25) is 5.02 Å². The van der Waals surface area contributed by atoms with Gasteiger partial charge in [-0.15, -0.1) is 0 Å². The largest absolute Gasteiger partial charge is 0.387 e. The van der Waals surface area contributed by atoms with Gasteiger partial charge < -0.3 is 5.11 Å². The van der Waals surface area contributed by atoms with Crippen LogP contribution in [0, 0.1) is 13.8 Å². The molecule has 0 unspecified atom stereocenters. The molecule has 2 heterocycles. The number of rotatable bonds is 4. The molecule has 142 valence electrons. The summed E-state index contributed by atoms with van der Waals surface area (Å²) in [6.07, 6.45) is 2.13. The number of aromatic nitrogens is 4. The Balaban J connectivity index is 1.70. The van der Waals surface area contributed by atoms with E-state index in [0.29, 0.717) is 21.6 Å². The van der Waals surface area contributed by atoms with Gasteiger partial charge in [0.25, 0.3) is 5.56 Å². The lowest BCUT2D eigenvalue weighted by atomic mass is 10.1. The first kappa shape index (κ1) is 18.4. The van der Waals surface area contributed by atoms with Crippen LogP contribution < -0.4 is 5.56 Å². The molecule has 1 atom stereocenters. The van der Waals surface area contributed by atoms with Crippen LogP contribution in [0.25, 0.3) is 16.7 Å². The summed E-state index contributed by atoms with van der Waals surface area (Å²) in [6.45, 7) is 4.12. The van der Waals surface area contributed by atoms with E-state index in [0.717, 1.165) is 16.8 Å². The van der Waals surface area contributed by atoms with Crippen molar-refractivity contribution in [2.75, 3.05) is 0 Å². The maximum absolute atomic E-state index is 12.9. The van der Waals surface area contributed by atoms with Gasteiger partial charge in [0.15, 0.2) is 5.65 Å². The highest BCUT2D eigenvalue weighted by molar-refractivity contribution is 6.30. The Kier molecular flexibility index (Phi) is 4.75. The van der Waals surface area contributed by atoms with Gasteiger partial charge in [0, 0.05) is 5.02 Å². The molecule has 0 aliphatic heterocycles. The lowest BCUT2D eigenvalue weighted by Gasteiger charge is -2.13. The highest BCUT2D eigenvalue weighted by Gasteiger charge is 2.15. The monoisotopic (exact) mass is 394 g/mol. The van der Waals surface area contributed by atoms with Gasteiger partial charge >= 0.3 is 0 Å². The summed E-state index contributed by atoms with van der Waals surface area (Å²) >= 11 is 5.88. The van der Waals surface area contributed by atoms with Crippen LogP contribution in [0.1, 0.15) is 22.8 Å². The summed E-state index contributed by atoms with van der Waals surface area (Å²) in [6, 6.07) is 13.0. The minimum Gasteiger partial charge on any atom is -0.387 e. The molecule has 0 fully saturated rings. The van der Waals surface area contributed by atoms with Crippen molar-refractivity contribution >= 4 is 22.6 Å². The van der Waals surface area contributed by atoms with E-state index in [2.05, 4.69) is 16.1 Å². The topological polar surface area (TPSA) is 72.9 Å². The Morgan fingerprint density at radius 1 is 1.11 bits per heavy atom. The smallest absolute Gasteiger partial charge is 0.264 e. The standard InChI is InChI=1S/C21H19ClN4O2/c1-13-7-14(2)9-17(8-13)26-20-18(10-24-26)21(28)25(12-23-20)11-19(27)15-3-5-16(22)6-4-15/h3-10,12,19,27H,11H2,1-2H3/t19-/m0/s1. The Hall–Kier alpha value is -2.96. The van der Waals surface area contributed by atoms with Gasteiger partial charge in [-0.1, -0.05) is 29.8 Å². The number of aryl methyl sites for hydroxylation is 2. The second-order valence-electron chi connectivity index (χ2n) is 6.91. The second-order valence-corrected chi connectivity index (χ2v) is 7.35. The van der Waals surface area contributed by atoms with Crippen molar-refractivity contribution in [3.8, 4) is 5.69 Å². The van der Waals surface area contributed by atoms with Crippen molar-refractivity contribution in [3.05, 3.63) is 87.1 Å². The number of fused-ring (bicyclic) bond motifs is 1. The average molecular weight is 395 g/mol. The fourth-order valence-electron chi connectivity index (χ4n) is 3.32. The summed E-state index contributed by atoms with van der Waals surface area (Å²) in [4.78, 5) is 17.3. The summed E-state index contributed by atoms with van der Waals surface area (Å²) in [7, 11) is 0. The highest BCUT2D eigenvalue weighted by Crippen LogP contribution is 2.19. The molecule has 0 saturated carbocycles. The molecular weight excluding hydrogens is 376 g/mol. The zero-order chi connectivity index (χ0) is 19.8. The maximum atomic E-state index is 12.9. The normalized spacial score (nSPS) is 12.4. The van der Waals surface area contributed by atoms with Crippen LogP contribution in [-0.4, -0.2) is 24.4 Å². The minimum absolute atomic E-state index is 0.0954. The van der Waals surface area contributed by atoms with E-state index < -0.39 is 6.10 Å². The third-order valence-corrected chi connectivity index (χ3v) is 4.88. The van der Waals surface area contributed by atoms with Crippen molar-refractivity contribution in [1.82, 2.24) is 19.3 Å². The number of aliphatic hydroxyl groups excluding tert-OH is 1. The lowest BCUT2D eigenvalue weighted by molar-refractivity contribution is 0.155. The molecule has 4 aromatic rings. The van der Waals surface area contributed by atoms with E-state index in [1.54, 1.807) is 28.9 Å². The van der Waals surface area contributed by atoms with Crippen molar-refractivity contribution in [2.45, 2.75) is 26.5 Å².